The molecule has 2 unspecified atom stereocenters. The highest BCUT2D eigenvalue weighted by Gasteiger charge is 2.28. The Bertz CT molecular complexity index is 2320. The smallest absolute Gasteiger partial charge is 0.168 e. The van der Waals surface area contributed by atoms with Gasteiger partial charge in [-0.3, -0.25) is 4.79 Å². The van der Waals surface area contributed by atoms with E-state index < -0.39 is 0 Å². The Kier molecular flexibility index (Phi) is 15.3. The lowest BCUT2D eigenvalue weighted by Crippen LogP contribution is -2.34. The van der Waals surface area contributed by atoms with Gasteiger partial charge in [0.05, 0.1) is 38.8 Å². The van der Waals surface area contributed by atoms with Crippen LogP contribution in [0.4, 0.5) is 0 Å². The number of carbonyl (C=O) groups excluding carboxylic acids is 1. The first-order valence-corrected chi connectivity index (χ1v) is 23.6. The van der Waals surface area contributed by atoms with E-state index in [0.717, 1.165) is 135 Å². The van der Waals surface area contributed by atoms with Gasteiger partial charge in [0, 0.05) is 56.6 Å². The van der Waals surface area contributed by atoms with E-state index in [4.69, 9.17) is 51.2 Å². The van der Waals surface area contributed by atoms with Gasteiger partial charge in [-0.15, -0.1) is 0 Å². The number of benzene rings is 4. The van der Waals surface area contributed by atoms with Gasteiger partial charge in [-0.25, -0.2) is 0 Å². The first-order valence-electron chi connectivity index (χ1n) is 22.9. The Balaban J connectivity index is 0.738. The maximum absolute atomic E-state index is 13.9. The quantitative estimate of drug-likeness (QED) is 0.0682. The zero-order valence-electron chi connectivity index (χ0n) is 37.5. The van der Waals surface area contributed by atoms with Gasteiger partial charge in [0.15, 0.2) is 34.2 Å². The van der Waals surface area contributed by atoms with Crippen molar-refractivity contribution < 1.29 is 32.8 Å². The van der Waals surface area contributed by atoms with E-state index >= 15 is 0 Å². The standard InChI is InChI=1S/C51H60Cl2N4O7/c1-33(37-9-15-43(47(29-37)59-3)61-27-7-5-21-56-23-17-35(18-24-56)49-41-13-11-39(52)31-45(41)63-54-49)51(58)34(2)38-10-16-44(48(30-38)60-4)62-28-8-6-22-57-25-19-36(20-26-57)50-42-14-12-40(53)32-46(42)64-55-50/h9-16,29-36H,5-8,17-28H2,1-4H3. The molecule has 0 N–H and O–H groups in total. The van der Waals surface area contributed by atoms with Crippen molar-refractivity contribution in [1.29, 1.82) is 0 Å². The molecule has 13 heteroatoms. The highest BCUT2D eigenvalue weighted by atomic mass is 35.5. The number of carbonyl (C=O) groups is 1. The fourth-order valence-electron chi connectivity index (χ4n) is 9.40. The first-order chi connectivity index (χ1) is 31.2. The van der Waals surface area contributed by atoms with Crippen molar-refractivity contribution in [3.05, 3.63) is 105 Å². The van der Waals surface area contributed by atoms with Gasteiger partial charge in [-0.1, -0.05) is 59.5 Å². The molecule has 2 fully saturated rings. The van der Waals surface area contributed by atoms with Crippen molar-refractivity contribution in [3.8, 4) is 23.0 Å². The third-order valence-corrected chi connectivity index (χ3v) is 13.8. The van der Waals surface area contributed by atoms with Gasteiger partial charge < -0.3 is 37.8 Å². The SMILES string of the molecule is COc1cc(C(C)C(=O)C(C)c2ccc(OCCCCN3CCC(c4noc5cc(Cl)ccc45)CC3)c(OC)c2)ccc1OCCCCN1CCC(c2noc3cc(Cl)ccc23)CC1. The minimum atomic E-state index is -0.349. The summed E-state index contributed by atoms with van der Waals surface area (Å²) in [6.07, 6.45) is 8.19. The van der Waals surface area contributed by atoms with E-state index in [1.54, 1.807) is 14.2 Å². The summed E-state index contributed by atoms with van der Waals surface area (Å²) in [6.45, 7) is 11.3. The van der Waals surface area contributed by atoms with Gasteiger partial charge in [0.25, 0.3) is 0 Å². The molecule has 0 aliphatic carbocycles. The molecule has 2 atom stereocenters. The predicted molar refractivity (Wildman–Crippen MR) is 252 cm³/mol. The first kappa shape index (κ1) is 45.7. The second-order valence-electron chi connectivity index (χ2n) is 17.4. The number of ether oxygens (including phenoxy) is 4. The average molecular weight is 912 g/mol. The lowest BCUT2D eigenvalue weighted by molar-refractivity contribution is -0.121. The van der Waals surface area contributed by atoms with Crippen LogP contribution in [-0.4, -0.2) is 92.6 Å². The summed E-state index contributed by atoms with van der Waals surface area (Å²) >= 11 is 12.3. The Morgan fingerprint density at radius 1 is 0.609 bits per heavy atom. The third kappa shape index (κ3) is 10.8. The largest absolute Gasteiger partial charge is 0.493 e. The minimum absolute atomic E-state index is 0.109. The predicted octanol–water partition coefficient (Wildman–Crippen LogP) is 11.8. The summed E-state index contributed by atoms with van der Waals surface area (Å²) in [5.74, 6) is 2.84. The molecule has 340 valence electrons. The Hall–Kier alpha value is -4.81. The third-order valence-electron chi connectivity index (χ3n) is 13.4. The van der Waals surface area contributed by atoms with Crippen LogP contribution in [-0.2, 0) is 4.79 Å². The van der Waals surface area contributed by atoms with Crippen molar-refractivity contribution >= 4 is 50.9 Å². The number of likely N-dealkylation sites (tertiary alicyclic amines) is 2. The molecule has 2 aromatic heterocycles. The molecule has 6 aromatic rings. The van der Waals surface area contributed by atoms with Crippen LogP contribution < -0.4 is 18.9 Å². The Labute approximate surface area is 386 Å². The number of hydrogen-bond donors (Lipinski definition) is 0. The van der Waals surface area contributed by atoms with E-state index in [1.807, 2.05) is 86.6 Å². The molecule has 0 amide bonds. The molecule has 4 heterocycles. The van der Waals surface area contributed by atoms with Crippen LogP contribution in [0.15, 0.2) is 81.8 Å². The molecule has 8 rings (SSSR count). The fourth-order valence-corrected chi connectivity index (χ4v) is 9.72. The second-order valence-corrected chi connectivity index (χ2v) is 18.3. The average Bonchev–Trinajstić information content (AvgIpc) is 3.95. The maximum atomic E-state index is 13.9. The van der Waals surface area contributed by atoms with Crippen LogP contribution in [0.2, 0.25) is 10.0 Å². The van der Waals surface area contributed by atoms with Crippen LogP contribution in [0.25, 0.3) is 21.9 Å². The molecule has 64 heavy (non-hydrogen) atoms. The molecule has 0 radical (unpaired) electrons. The van der Waals surface area contributed by atoms with E-state index in [9.17, 15) is 4.79 Å². The number of unbranched alkanes of at least 4 members (excludes halogenated alkanes) is 2. The zero-order chi connectivity index (χ0) is 44.6. The van der Waals surface area contributed by atoms with Gasteiger partial charge in [0.1, 0.15) is 5.78 Å². The highest BCUT2D eigenvalue weighted by Crippen LogP contribution is 2.38. The number of ketones is 1. The molecule has 4 aromatic carbocycles. The monoisotopic (exact) mass is 910 g/mol. The zero-order valence-corrected chi connectivity index (χ0v) is 39.0. The molecule has 0 bridgehead atoms. The molecular formula is C51H60Cl2N4O7. The van der Waals surface area contributed by atoms with Crippen LogP contribution in [0, 0.1) is 0 Å². The molecule has 11 nitrogen and oxygen atoms in total. The van der Waals surface area contributed by atoms with Gasteiger partial charge in [0.2, 0.25) is 0 Å². The van der Waals surface area contributed by atoms with E-state index in [0.29, 0.717) is 58.1 Å². The van der Waals surface area contributed by atoms with Crippen molar-refractivity contribution in [1.82, 2.24) is 20.1 Å². The maximum Gasteiger partial charge on any atom is 0.168 e. The van der Waals surface area contributed by atoms with Crippen molar-refractivity contribution in [2.75, 3.05) is 66.7 Å². The summed E-state index contributed by atoms with van der Waals surface area (Å²) in [4.78, 5) is 18.9. The topological polar surface area (TPSA) is 113 Å². The second kappa shape index (κ2) is 21.5. The van der Waals surface area contributed by atoms with E-state index in [2.05, 4.69) is 20.1 Å². The van der Waals surface area contributed by atoms with Crippen molar-refractivity contribution in [2.24, 2.45) is 0 Å². The number of methoxy groups -OCH3 is 2. The number of piperidine rings is 2. The van der Waals surface area contributed by atoms with E-state index in [-0.39, 0.29) is 17.6 Å². The highest BCUT2D eigenvalue weighted by molar-refractivity contribution is 6.31. The Morgan fingerprint density at radius 3 is 1.44 bits per heavy atom. The summed E-state index contributed by atoms with van der Waals surface area (Å²) in [5, 5.41) is 12.2. The van der Waals surface area contributed by atoms with E-state index in [1.165, 1.54) is 0 Å². The number of rotatable bonds is 20. The molecule has 0 saturated carbocycles. The number of fused-ring (bicyclic) bond motifs is 2. The molecule has 2 aliphatic rings. The molecule has 2 saturated heterocycles. The number of nitrogens with zero attached hydrogens (tertiary/aromatic N) is 4. The summed E-state index contributed by atoms with van der Waals surface area (Å²) in [6, 6.07) is 23.2. The molecular weight excluding hydrogens is 851 g/mol. The number of Topliss-reactive ketones (excluding diaryl/α,β-unsaturated/α-hetero) is 1. The van der Waals surface area contributed by atoms with Gasteiger partial charge in [-0.05, 0) is 150 Å². The molecule has 0 spiro atoms. The molecule has 2 aliphatic heterocycles. The van der Waals surface area contributed by atoms with Crippen LogP contribution in [0.5, 0.6) is 23.0 Å². The lowest BCUT2D eigenvalue weighted by atomic mass is 9.85. The summed E-state index contributed by atoms with van der Waals surface area (Å²) < 4.78 is 35.0. The number of hydrogen-bond acceptors (Lipinski definition) is 11. The summed E-state index contributed by atoms with van der Waals surface area (Å²) in [7, 11) is 3.28. The number of halogens is 2. The van der Waals surface area contributed by atoms with Crippen molar-refractivity contribution in [2.45, 2.75) is 88.9 Å². The minimum Gasteiger partial charge on any atom is -0.493 e. The van der Waals surface area contributed by atoms with Crippen LogP contribution in [0.3, 0.4) is 0 Å². The summed E-state index contributed by atoms with van der Waals surface area (Å²) in [5.41, 5.74) is 5.39. The van der Waals surface area contributed by atoms with Crippen molar-refractivity contribution in [3.63, 3.8) is 0 Å². The fraction of sp³-hybridized carbons (Fsp3) is 0.471. The van der Waals surface area contributed by atoms with Crippen LogP contribution in [0.1, 0.15) is 111 Å². The van der Waals surface area contributed by atoms with Gasteiger partial charge in [-0.2, -0.15) is 0 Å². The normalized spacial score (nSPS) is 16.6. The number of aromatic nitrogens is 2. The lowest BCUT2D eigenvalue weighted by Gasteiger charge is -2.31. The van der Waals surface area contributed by atoms with Gasteiger partial charge >= 0.3 is 0 Å². The van der Waals surface area contributed by atoms with Crippen LogP contribution >= 0.6 is 23.2 Å². The Morgan fingerprint density at radius 2 is 1.03 bits per heavy atom.